The maximum atomic E-state index is 5.76. The summed E-state index contributed by atoms with van der Waals surface area (Å²) in [6, 6.07) is 6.48. The van der Waals surface area contributed by atoms with E-state index in [1.807, 2.05) is 12.1 Å². The molecule has 1 saturated heterocycles. The summed E-state index contributed by atoms with van der Waals surface area (Å²) in [6.45, 7) is 3.72. The number of ether oxygens (including phenoxy) is 1. The minimum absolute atomic E-state index is 0.447. The molecule has 3 N–H and O–H groups in total. The van der Waals surface area contributed by atoms with Crippen LogP contribution in [0.5, 0.6) is 0 Å². The Bertz CT molecular complexity index is 414. The van der Waals surface area contributed by atoms with Crippen LogP contribution in [0.4, 0.5) is 5.69 Å². The van der Waals surface area contributed by atoms with Gasteiger partial charge in [-0.2, -0.15) is 0 Å². The van der Waals surface area contributed by atoms with Gasteiger partial charge in [0.25, 0.3) is 0 Å². The van der Waals surface area contributed by atoms with Gasteiger partial charge in [0.05, 0.1) is 0 Å². The molecule has 2 rings (SSSR count). The van der Waals surface area contributed by atoms with Gasteiger partial charge in [-0.3, -0.25) is 0 Å². The molecule has 17 heavy (non-hydrogen) atoms. The minimum atomic E-state index is 0.447. The molecule has 0 atom stereocenters. The van der Waals surface area contributed by atoms with Crippen molar-refractivity contribution in [3.05, 3.63) is 29.3 Å². The molecule has 1 aliphatic rings. The average Bonchev–Trinajstić information content (AvgIpc) is 2.33. The number of para-hydroxylation sites is 1. The van der Waals surface area contributed by atoms with Crippen molar-refractivity contribution in [3.8, 4) is 0 Å². The minimum Gasteiger partial charge on any atom is -0.389 e. The number of nitrogens with one attached hydrogen (secondary N) is 1. The summed E-state index contributed by atoms with van der Waals surface area (Å²) in [4.78, 5) is 0.447. The molecule has 1 aromatic rings. The van der Waals surface area contributed by atoms with E-state index < -0.39 is 0 Å². The standard InChI is InChI=1S/C13H18N2OS/c1-9-3-2-4-11(13(14)17)12(9)15-10-5-7-16-8-6-10/h2-4,10,15H,5-8H2,1H3,(H2,14,17). The number of rotatable bonds is 3. The van der Waals surface area contributed by atoms with E-state index in [2.05, 4.69) is 18.3 Å². The predicted octanol–water partition coefficient (Wildman–Crippen LogP) is 2.22. The molecule has 0 bridgehead atoms. The van der Waals surface area contributed by atoms with Gasteiger partial charge in [-0.1, -0.05) is 24.4 Å². The van der Waals surface area contributed by atoms with Crippen LogP contribution >= 0.6 is 12.2 Å². The van der Waals surface area contributed by atoms with Crippen LogP contribution in [0.3, 0.4) is 0 Å². The Kier molecular flexibility index (Phi) is 3.97. The van der Waals surface area contributed by atoms with E-state index >= 15 is 0 Å². The molecule has 92 valence electrons. The Hall–Kier alpha value is -1.13. The molecular weight excluding hydrogens is 232 g/mol. The summed E-state index contributed by atoms with van der Waals surface area (Å²) in [7, 11) is 0. The third-order valence-electron chi connectivity index (χ3n) is 3.11. The van der Waals surface area contributed by atoms with Crippen molar-refractivity contribution >= 4 is 22.9 Å². The fourth-order valence-electron chi connectivity index (χ4n) is 2.11. The van der Waals surface area contributed by atoms with Gasteiger partial charge >= 0.3 is 0 Å². The molecule has 0 saturated carbocycles. The molecule has 0 aliphatic carbocycles. The first-order chi connectivity index (χ1) is 8.18. The lowest BCUT2D eigenvalue weighted by Gasteiger charge is -2.26. The maximum Gasteiger partial charge on any atom is 0.106 e. The fraction of sp³-hybridized carbons (Fsp3) is 0.462. The van der Waals surface area contributed by atoms with Crippen molar-refractivity contribution in [2.24, 2.45) is 5.73 Å². The van der Waals surface area contributed by atoms with E-state index in [4.69, 9.17) is 22.7 Å². The van der Waals surface area contributed by atoms with Crippen molar-refractivity contribution in [1.29, 1.82) is 0 Å². The van der Waals surface area contributed by atoms with Crippen LogP contribution in [0, 0.1) is 6.92 Å². The van der Waals surface area contributed by atoms with E-state index in [1.165, 1.54) is 5.56 Å². The Morgan fingerprint density at radius 3 is 2.76 bits per heavy atom. The van der Waals surface area contributed by atoms with Gasteiger partial charge in [0.2, 0.25) is 0 Å². The zero-order chi connectivity index (χ0) is 12.3. The van der Waals surface area contributed by atoms with Crippen LogP contribution in [0.25, 0.3) is 0 Å². The smallest absolute Gasteiger partial charge is 0.106 e. The van der Waals surface area contributed by atoms with Gasteiger partial charge in [0.15, 0.2) is 0 Å². The van der Waals surface area contributed by atoms with Gasteiger partial charge in [-0.05, 0) is 31.4 Å². The molecule has 0 spiro atoms. The van der Waals surface area contributed by atoms with Crippen LogP contribution in [-0.2, 0) is 4.74 Å². The summed E-state index contributed by atoms with van der Waals surface area (Å²) in [5.41, 5.74) is 8.95. The second-order valence-electron chi connectivity index (χ2n) is 4.39. The number of thiocarbonyl (C=S) groups is 1. The zero-order valence-electron chi connectivity index (χ0n) is 10.0. The third-order valence-corrected chi connectivity index (χ3v) is 3.33. The zero-order valence-corrected chi connectivity index (χ0v) is 10.8. The lowest BCUT2D eigenvalue weighted by atomic mass is 10.0. The number of nitrogens with two attached hydrogens (primary N) is 1. The van der Waals surface area contributed by atoms with Crippen LogP contribution < -0.4 is 11.1 Å². The first-order valence-electron chi connectivity index (χ1n) is 5.92. The van der Waals surface area contributed by atoms with Crippen molar-refractivity contribution in [2.45, 2.75) is 25.8 Å². The summed E-state index contributed by atoms with van der Waals surface area (Å²) < 4.78 is 5.35. The monoisotopic (exact) mass is 250 g/mol. The molecule has 1 fully saturated rings. The second kappa shape index (κ2) is 5.47. The van der Waals surface area contributed by atoms with Gasteiger partial charge < -0.3 is 15.8 Å². The summed E-state index contributed by atoms with van der Waals surface area (Å²) in [5, 5.41) is 3.55. The van der Waals surface area contributed by atoms with Gasteiger partial charge in [-0.15, -0.1) is 0 Å². The van der Waals surface area contributed by atoms with E-state index in [1.54, 1.807) is 0 Å². The lowest BCUT2D eigenvalue weighted by Crippen LogP contribution is -2.29. The SMILES string of the molecule is Cc1cccc(C(N)=S)c1NC1CCOCC1. The second-order valence-corrected chi connectivity index (χ2v) is 4.83. The van der Waals surface area contributed by atoms with Crippen molar-refractivity contribution in [1.82, 2.24) is 0 Å². The highest BCUT2D eigenvalue weighted by molar-refractivity contribution is 7.80. The number of anilines is 1. The van der Waals surface area contributed by atoms with Gasteiger partial charge in [-0.25, -0.2) is 0 Å². The Labute approximate surface area is 107 Å². The molecule has 1 aliphatic heterocycles. The van der Waals surface area contributed by atoms with Gasteiger partial charge in [0.1, 0.15) is 4.99 Å². The molecule has 0 aromatic heterocycles. The molecular formula is C13H18N2OS. The van der Waals surface area contributed by atoms with Crippen LogP contribution in [0.2, 0.25) is 0 Å². The number of hydrogen-bond acceptors (Lipinski definition) is 3. The first kappa shape index (κ1) is 12.3. The Morgan fingerprint density at radius 2 is 2.12 bits per heavy atom. The van der Waals surface area contributed by atoms with E-state index in [9.17, 15) is 0 Å². The lowest BCUT2D eigenvalue weighted by molar-refractivity contribution is 0.0904. The normalized spacial score (nSPS) is 16.8. The van der Waals surface area contributed by atoms with E-state index in [-0.39, 0.29) is 0 Å². The fourth-order valence-corrected chi connectivity index (χ4v) is 2.28. The Morgan fingerprint density at radius 1 is 1.41 bits per heavy atom. The summed E-state index contributed by atoms with van der Waals surface area (Å²) in [6.07, 6.45) is 2.07. The molecule has 1 heterocycles. The molecule has 0 radical (unpaired) electrons. The van der Waals surface area contributed by atoms with E-state index in [0.717, 1.165) is 37.3 Å². The van der Waals surface area contributed by atoms with Crippen LogP contribution in [0.15, 0.2) is 18.2 Å². The average molecular weight is 250 g/mol. The maximum absolute atomic E-state index is 5.76. The van der Waals surface area contributed by atoms with Crippen LogP contribution in [-0.4, -0.2) is 24.2 Å². The summed E-state index contributed by atoms with van der Waals surface area (Å²) >= 11 is 5.09. The van der Waals surface area contributed by atoms with Gasteiger partial charge in [0, 0.05) is 30.5 Å². The molecule has 0 unspecified atom stereocenters. The first-order valence-corrected chi connectivity index (χ1v) is 6.33. The van der Waals surface area contributed by atoms with E-state index in [0.29, 0.717) is 11.0 Å². The van der Waals surface area contributed by atoms with Crippen molar-refractivity contribution < 1.29 is 4.74 Å². The molecule has 4 heteroatoms. The molecule has 0 amide bonds. The van der Waals surface area contributed by atoms with Crippen molar-refractivity contribution in [3.63, 3.8) is 0 Å². The molecule has 1 aromatic carbocycles. The van der Waals surface area contributed by atoms with Crippen LogP contribution in [0.1, 0.15) is 24.0 Å². The third kappa shape index (κ3) is 2.96. The topological polar surface area (TPSA) is 47.3 Å². The highest BCUT2D eigenvalue weighted by atomic mass is 32.1. The number of hydrogen-bond donors (Lipinski definition) is 2. The highest BCUT2D eigenvalue weighted by Gasteiger charge is 2.16. The Balaban J connectivity index is 2.21. The van der Waals surface area contributed by atoms with Crippen molar-refractivity contribution in [2.75, 3.05) is 18.5 Å². The predicted molar refractivity (Wildman–Crippen MR) is 74.5 cm³/mol. The number of aryl methyl sites for hydroxylation is 1. The molecule has 3 nitrogen and oxygen atoms in total. The highest BCUT2D eigenvalue weighted by Crippen LogP contribution is 2.23. The largest absolute Gasteiger partial charge is 0.389 e. The quantitative estimate of drug-likeness (QED) is 0.808. The number of benzene rings is 1. The summed E-state index contributed by atoms with van der Waals surface area (Å²) in [5.74, 6) is 0.